The van der Waals surface area contributed by atoms with Gasteiger partial charge in [-0.25, -0.2) is 8.42 Å². The number of sulfonamides is 1. The maximum atomic E-state index is 12.6. The number of nitrogens with two attached hydrogens (primary N) is 1. The lowest BCUT2D eigenvalue weighted by Crippen LogP contribution is -2.27. The van der Waals surface area contributed by atoms with Gasteiger partial charge in [-0.05, 0) is 42.5 Å². The topological polar surface area (TPSA) is 107 Å². The van der Waals surface area contributed by atoms with Gasteiger partial charge in [-0.1, -0.05) is 0 Å². The van der Waals surface area contributed by atoms with Crippen molar-refractivity contribution in [2.75, 3.05) is 17.1 Å². The van der Waals surface area contributed by atoms with Gasteiger partial charge in [0.15, 0.2) is 0 Å². The van der Waals surface area contributed by atoms with Gasteiger partial charge in [-0.3, -0.25) is 4.31 Å². The predicted molar refractivity (Wildman–Crippen MR) is 79.3 cm³/mol. The molecule has 2 aromatic rings. The van der Waals surface area contributed by atoms with E-state index in [2.05, 4.69) is 0 Å². The predicted octanol–water partition coefficient (Wildman–Crippen LogP) is 1.67. The van der Waals surface area contributed by atoms with Crippen LogP contribution >= 0.6 is 0 Å². The van der Waals surface area contributed by atoms with Gasteiger partial charge in [0.1, 0.15) is 16.7 Å². The molecule has 0 atom stereocenters. The molecule has 3 N–H and O–H groups in total. The first-order chi connectivity index (χ1) is 9.86. The molecule has 0 saturated carbocycles. The first-order valence-electron chi connectivity index (χ1n) is 5.94. The minimum Gasteiger partial charge on any atom is -0.508 e. The van der Waals surface area contributed by atoms with E-state index in [9.17, 15) is 13.5 Å². The van der Waals surface area contributed by atoms with Gasteiger partial charge in [0.2, 0.25) is 0 Å². The summed E-state index contributed by atoms with van der Waals surface area (Å²) in [6.07, 6.45) is 0. The Morgan fingerprint density at radius 3 is 2.38 bits per heavy atom. The summed E-state index contributed by atoms with van der Waals surface area (Å²) in [5, 5.41) is 18.3. The van der Waals surface area contributed by atoms with Crippen LogP contribution in [0, 0.1) is 11.3 Å². The Kier molecular flexibility index (Phi) is 3.74. The van der Waals surface area contributed by atoms with Crippen LogP contribution in [0.1, 0.15) is 5.56 Å². The maximum Gasteiger partial charge on any atom is 0.265 e. The van der Waals surface area contributed by atoms with E-state index < -0.39 is 10.0 Å². The van der Waals surface area contributed by atoms with E-state index in [4.69, 9.17) is 11.0 Å². The van der Waals surface area contributed by atoms with Crippen LogP contribution in [0.2, 0.25) is 0 Å². The van der Waals surface area contributed by atoms with Crippen molar-refractivity contribution in [3.05, 3.63) is 48.0 Å². The average Bonchev–Trinajstić information content (AvgIpc) is 2.46. The van der Waals surface area contributed by atoms with Crippen molar-refractivity contribution in [3.63, 3.8) is 0 Å². The van der Waals surface area contributed by atoms with E-state index >= 15 is 0 Å². The number of aromatic hydroxyl groups is 1. The summed E-state index contributed by atoms with van der Waals surface area (Å²) in [6.45, 7) is 0. The van der Waals surface area contributed by atoms with E-state index in [-0.39, 0.29) is 16.2 Å². The molecule has 0 aromatic heterocycles. The molecule has 0 radical (unpaired) electrons. The Morgan fingerprint density at radius 1 is 1.19 bits per heavy atom. The van der Waals surface area contributed by atoms with Crippen LogP contribution in [0.4, 0.5) is 11.4 Å². The zero-order valence-electron chi connectivity index (χ0n) is 11.2. The molecule has 6 nitrogen and oxygen atoms in total. The molecular formula is C14H13N3O3S. The average molecular weight is 303 g/mol. The fourth-order valence-electron chi connectivity index (χ4n) is 1.81. The van der Waals surface area contributed by atoms with Crippen LogP contribution in [0.5, 0.6) is 5.75 Å². The lowest BCUT2D eigenvalue weighted by atomic mass is 10.2. The number of rotatable bonds is 3. The molecule has 2 aromatic carbocycles. The van der Waals surface area contributed by atoms with E-state index in [1.807, 2.05) is 6.07 Å². The number of phenolic OH excluding ortho intramolecular Hbond substituents is 1. The van der Waals surface area contributed by atoms with Gasteiger partial charge < -0.3 is 10.8 Å². The van der Waals surface area contributed by atoms with Crippen molar-refractivity contribution >= 4 is 21.4 Å². The molecule has 0 saturated heterocycles. The molecule has 0 heterocycles. The monoisotopic (exact) mass is 303 g/mol. The third-order valence-electron chi connectivity index (χ3n) is 2.98. The quantitative estimate of drug-likeness (QED) is 0.839. The smallest absolute Gasteiger partial charge is 0.265 e. The Balaban J connectivity index is 2.52. The summed E-state index contributed by atoms with van der Waals surface area (Å²) in [6, 6.07) is 11.6. The van der Waals surface area contributed by atoms with Crippen molar-refractivity contribution in [1.82, 2.24) is 0 Å². The highest BCUT2D eigenvalue weighted by atomic mass is 32.2. The summed E-state index contributed by atoms with van der Waals surface area (Å²) in [4.78, 5) is -0.116. The van der Waals surface area contributed by atoms with Crippen LogP contribution in [-0.4, -0.2) is 20.6 Å². The number of nitriles is 1. The zero-order chi connectivity index (χ0) is 15.6. The second-order valence-corrected chi connectivity index (χ2v) is 6.29. The lowest BCUT2D eigenvalue weighted by molar-refractivity contribution is 0.475. The highest BCUT2D eigenvalue weighted by Crippen LogP contribution is 2.26. The molecule has 0 spiro atoms. The minimum absolute atomic E-state index is 0.0133. The molecule has 2 rings (SSSR count). The standard InChI is InChI=1S/C14H13N3O3S/c1-17(12-3-5-13(18)6-4-12)21(19,20)14-7-2-11(16)8-10(14)9-15/h2-8,18H,16H2,1H3. The Labute approximate surface area is 122 Å². The van der Waals surface area contributed by atoms with Crippen molar-refractivity contribution < 1.29 is 13.5 Å². The zero-order valence-corrected chi connectivity index (χ0v) is 12.0. The van der Waals surface area contributed by atoms with Crippen molar-refractivity contribution in [3.8, 4) is 11.8 Å². The molecule has 108 valence electrons. The number of nitrogens with zero attached hydrogens (tertiary/aromatic N) is 2. The Bertz CT molecular complexity index is 808. The molecule has 0 aliphatic rings. The van der Waals surface area contributed by atoms with Crippen LogP contribution in [0.3, 0.4) is 0 Å². The third kappa shape index (κ3) is 2.75. The molecule has 0 aliphatic heterocycles. The molecular weight excluding hydrogens is 290 g/mol. The van der Waals surface area contributed by atoms with E-state index in [1.165, 1.54) is 49.5 Å². The van der Waals surface area contributed by atoms with Crippen molar-refractivity contribution in [1.29, 1.82) is 5.26 Å². The van der Waals surface area contributed by atoms with Gasteiger partial charge >= 0.3 is 0 Å². The summed E-state index contributed by atoms with van der Waals surface area (Å²) in [5.41, 5.74) is 6.24. The molecule has 0 amide bonds. The maximum absolute atomic E-state index is 12.6. The Hall–Kier alpha value is -2.72. The van der Waals surface area contributed by atoms with Crippen LogP contribution in [-0.2, 0) is 10.0 Å². The molecule has 0 fully saturated rings. The highest BCUT2D eigenvalue weighted by Gasteiger charge is 2.24. The number of anilines is 2. The van der Waals surface area contributed by atoms with Crippen LogP contribution in [0.15, 0.2) is 47.4 Å². The van der Waals surface area contributed by atoms with E-state index in [1.54, 1.807) is 0 Å². The summed E-state index contributed by atoms with van der Waals surface area (Å²) >= 11 is 0. The fraction of sp³-hybridized carbons (Fsp3) is 0.0714. The number of phenols is 1. The first-order valence-corrected chi connectivity index (χ1v) is 7.38. The molecule has 0 unspecified atom stereocenters. The SMILES string of the molecule is CN(c1ccc(O)cc1)S(=O)(=O)c1ccc(N)cc1C#N. The van der Waals surface area contributed by atoms with Gasteiger partial charge in [-0.2, -0.15) is 5.26 Å². The number of hydrogen-bond donors (Lipinski definition) is 2. The molecule has 7 heteroatoms. The largest absolute Gasteiger partial charge is 0.508 e. The second-order valence-electron chi connectivity index (χ2n) is 4.36. The van der Waals surface area contributed by atoms with Crippen molar-refractivity contribution in [2.45, 2.75) is 4.90 Å². The van der Waals surface area contributed by atoms with Crippen LogP contribution < -0.4 is 10.0 Å². The van der Waals surface area contributed by atoms with Gasteiger partial charge in [0.25, 0.3) is 10.0 Å². The number of benzene rings is 2. The summed E-state index contributed by atoms with van der Waals surface area (Å²) in [5.74, 6) is 0.0368. The molecule has 0 bridgehead atoms. The van der Waals surface area contributed by atoms with Gasteiger partial charge in [0.05, 0.1) is 11.3 Å². The summed E-state index contributed by atoms with van der Waals surface area (Å²) < 4.78 is 26.2. The fourth-order valence-corrected chi connectivity index (χ4v) is 3.13. The minimum atomic E-state index is -3.89. The highest BCUT2D eigenvalue weighted by molar-refractivity contribution is 7.92. The van der Waals surface area contributed by atoms with Gasteiger partial charge in [0, 0.05) is 12.7 Å². The van der Waals surface area contributed by atoms with Gasteiger partial charge in [-0.15, -0.1) is 0 Å². The van der Waals surface area contributed by atoms with Crippen LogP contribution in [0.25, 0.3) is 0 Å². The number of nitrogen functional groups attached to an aromatic ring is 1. The first kappa shape index (κ1) is 14.7. The Morgan fingerprint density at radius 2 is 1.81 bits per heavy atom. The molecule has 21 heavy (non-hydrogen) atoms. The number of hydrogen-bond acceptors (Lipinski definition) is 5. The van der Waals surface area contributed by atoms with E-state index in [0.29, 0.717) is 11.4 Å². The second kappa shape index (κ2) is 5.34. The van der Waals surface area contributed by atoms with Crippen molar-refractivity contribution in [2.24, 2.45) is 0 Å². The molecule has 0 aliphatic carbocycles. The summed E-state index contributed by atoms with van der Waals surface area (Å²) in [7, 11) is -2.52. The van der Waals surface area contributed by atoms with E-state index in [0.717, 1.165) is 4.31 Å². The lowest BCUT2D eigenvalue weighted by Gasteiger charge is -2.20. The third-order valence-corrected chi connectivity index (χ3v) is 4.82. The normalized spacial score (nSPS) is 10.9.